The number of piperidine rings is 1. The zero-order valence-corrected chi connectivity index (χ0v) is 19.0. The molecule has 1 N–H and O–H groups in total. The molecule has 1 aromatic rings. The van der Waals surface area contributed by atoms with Crippen LogP contribution in [-0.2, 0) is 26.0 Å². The van der Waals surface area contributed by atoms with Crippen LogP contribution in [0.5, 0.6) is 0 Å². The number of hydrogen-bond donors (Lipinski definition) is 1. The molecule has 0 unspecified atom stereocenters. The van der Waals surface area contributed by atoms with Gasteiger partial charge in [-0.1, -0.05) is 25.1 Å². The fourth-order valence-corrected chi connectivity index (χ4v) is 5.97. The standard InChI is InChI=1S/C22H35N3O4S/c1-3-19-6-4-5-7-22(19)30(27,28)23-12-15-25(21-10-16-29-17-11-21)20-8-13-24(14-9-20)18(2)26/h4-7,20-21,23H,3,8-17H2,1-2H3. The topological polar surface area (TPSA) is 79.0 Å². The van der Waals surface area contributed by atoms with Crippen molar-refractivity contribution in [2.24, 2.45) is 0 Å². The molecule has 0 aromatic heterocycles. The van der Waals surface area contributed by atoms with Crippen LogP contribution in [-0.4, -0.2) is 75.6 Å². The Balaban J connectivity index is 1.64. The minimum absolute atomic E-state index is 0.133. The summed E-state index contributed by atoms with van der Waals surface area (Å²) in [5.74, 6) is 0.133. The summed E-state index contributed by atoms with van der Waals surface area (Å²) in [7, 11) is -3.53. The molecule has 2 aliphatic heterocycles. The number of amides is 1. The first-order chi connectivity index (χ1) is 14.4. The molecule has 0 atom stereocenters. The molecule has 0 bridgehead atoms. The number of carbonyl (C=O) groups is 1. The molecular formula is C22H35N3O4S. The molecule has 168 valence electrons. The maximum Gasteiger partial charge on any atom is 0.240 e. The first kappa shape index (κ1) is 23.2. The normalized spacial score (nSPS) is 19.4. The van der Waals surface area contributed by atoms with Gasteiger partial charge < -0.3 is 9.64 Å². The minimum atomic E-state index is -3.53. The molecule has 2 aliphatic rings. The van der Waals surface area contributed by atoms with Crippen LogP contribution < -0.4 is 4.72 Å². The molecule has 1 amide bonds. The summed E-state index contributed by atoms with van der Waals surface area (Å²) < 4.78 is 34.1. The van der Waals surface area contributed by atoms with Gasteiger partial charge in [-0.2, -0.15) is 0 Å². The van der Waals surface area contributed by atoms with Crippen LogP contribution in [0.4, 0.5) is 0 Å². The molecule has 0 aliphatic carbocycles. The van der Waals surface area contributed by atoms with Gasteiger partial charge in [0.25, 0.3) is 0 Å². The van der Waals surface area contributed by atoms with Gasteiger partial charge in [-0.25, -0.2) is 13.1 Å². The number of carbonyl (C=O) groups excluding carboxylic acids is 1. The van der Waals surface area contributed by atoms with Crippen LogP contribution in [0.2, 0.25) is 0 Å². The van der Waals surface area contributed by atoms with Crippen molar-refractivity contribution in [2.75, 3.05) is 39.4 Å². The Kier molecular flexibility index (Phi) is 8.27. The van der Waals surface area contributed by atoms with Crippen LogP contribution in [0.25, 0.3) is 0 Å². The Morgan fingerprint density at radius 3 is 2.40 bits per heavy atom. The van der Waals surface area contributed by atoms with Crippen LogP contribution in [0.15, 0.2) is 29.2 Å². The molecule has 8 heteroatoms. The lowest BCUT2D eigenvalue weighted by atomic mass is 9.98. The van der Waals surface area contributed by atoms with E-state index in [1.54, 1.807) is 19.1 Å². The van der Waals surface area contributed by atoms with Crippen molar-refractivity contribution in [3.8, 4) is 0 Å². The maximum absolute atomic E-state index is 12.9. The lowest BCUT2D eigenvalue weighted by molar-refractivity contribution is -0.130. The Bertz CT molecular complexity index is 800. The number of aryl methyl sites for hydroxylation is 1. The van der Waals surface area contributed by atoms with Crippen LogP contribution in [0, 0.1) is 0 Å². The van der Waals surface area contributed by atoms with Crippen molar-refractivity contribution >= 4 is 15.9 Å². The summed E-state index contributed by atoms with van der Waals surface area (Å²) in [6.07, 6.45) is 4.49. The largest absolute Gasteiger partial charge is 0.381 e. The fraction of sp³-hybridized carbons (Fsp3) is 0.682. The average Bonchev–Trinajstić information content (AvgIpc) is 2.77. The number of nitrogens with one attached hydrogen (secondary N) is 1. The predicted molar refractivity (Wildman–Crippen MR) is 117 cm³/mol. The van der Waals surface area contributed by atoms with Crippen molar-refractivity contribution in [3.63, 3.8) is 0 Å². The van der Waals surface area contributed by atoms with Crippen molar-refractivity contribution in [1.82, 2.24) is 14.5 Å². The number of sulfonamides is 1. The monoisotopic (exact) mass is 437 g/mol. The van der Waals surface area contributed by atoms with Crippen molar-refractivity contribution < 1.29 is 17.9 Å². The molecule has 0 saturated carbocycles. The van der Waals surface area contributed by atoms with E-state index < -0.39 is 10.0 Å². The SMILES string of the molecule is CCc1ccccc1S(=O)(=O)NCCN(C1CCOCC1)C1CCN(C(C)=O)CC1. The Hall–Kier alpha value is -1.48. The number of ether oxygens (including phenoxy) is 1. The number of nitrogens with zero attached hydrogens (tertiary/aromatic N) is 2. The molecule has 0 radical (unpaired) electrons. The van der Waals surface area contributed by atoms with Gasteiger partial charge in [-0.05, 0) is 43.7 Å². The van der Waals surface area contributed by atoms with Crippen LogP contribution in [0.3, 0.4) is 0 Å². The summed E-state index contributed by atoms with van der Waals surface area (Å²) in [6.45, 7) is 7.69. The van der Waals surface area contributed by atoms with E-state index in [0.29, 0.717) is 36.5 Å². The van der Waals surface area contributed by atoms with E-state index in [4.69, 9.17) is 4.74 Å². The molecule has 7 nitrogen and oxygen atoms in total. The first-order valence-electron chi connectivity index (χ1n) is 11.1. The van der Waals surface area contributed by atoms with Crippen LogP contribution >= 0.6 is 0 Å². The number of rotatable bonds is 8. The second-order valence-electron chi connectivity index (χ2n) is 8.18. The Morgan fingerprint density at radius 2 is 1.77 bits per heavy atom. The first-order valence-corrected chi connectivity index (χ1v) is 12.6. The quantitative estimate of drug-likeness (QED) is 0.673. The van der Waals surface area contributed by atoms with Gasteiger partial charge in [0.1, 0.15) is 0 Å². The Labute approximate surface area is 180 Å². The fourth-order valence-electron chi connectivity index (χ4n) is 4.64. The zero-order chi connectivity index (χ0) is 21.6. The second kappa shape index (κ2) is 10.7. The van der Waals surface area contributed by atoms with E-state index in [0.717, 1.165) is 57.6 Å². The third-order valence-corrected chi connectivity index (χ3v) is 7.91. The van der Waals surface area contributed by atoms with E-state index in [1.807, 2.05) is 24.0 Å². The van der Waals surface area contributed by atoms with Crippen LogP contribution in [0.1, 0.15) is 45.1 Å². The predicted octanol–water partition coefficient (Wildman–Crippen LogP) is 2.02. The van der Waals surface area contributed by atoms with E-state index in [2.05, 4.69) is 9.62 Å². The van der Waals surface area contributed by atoms with E-state index in [-0.39, 0.29) is 5.91 Å². The minimum Gasteiger partial charge on any atom is -0.381 e. The molecular weight excluding hydrogens is 402 g/mol. The van der Waals surface area contributed by atoms with E-state index in [1.165, 1.54) is 0 Å². The lowest BCUT2D eigenvalue weighted by Crippen LogP contribution is -2.53. The molecule has 3 rings (SSSR count). The highest BCUT2D eigenvalue weighted by Gasteiger charge is 2.31. The van der Waals surface area contributed by atoms with Crippen molar-refractivity contribution in [3.05, 3.63) is 29.8 Å². The molecule has 2 heterocycles. The summed E-state index contributed by atoms with van der Waals surface area (Å²) >= 11 is 0. The van der Waals surface area contributed by atoms with Gasteiger partial charge in [0.05, 0.1) is 4.90 Å². The van der Waals surface area contributed by atoms with Gasteiger partial charge in [0.15, 0.2) is 0 Å². The average molecular weight is 438 g/mol. The third kappa shape index (κ3) is 5.81. The number of likely N-dealkylation sites (tertiary alicyclic amines) is 1. The number of hydrogen-bond acceptors (Lipinski definition) is 5. The lowest BCUT2D eigenvalue weighted by Gasteiger charge is -2.43. The van der Waals surface area contributed by atoms with Crippen molar-refractivity contribution in [1.29, 1.82) is 0 Å². The number of benzene rings is 1. The highest BCUT2D eigenvalue weighted by molar-refractivity contribution is 7.89. The summed E-state index contributed by atoms with van der Waals surface area (Å²) in [5.41, 5.74) is 0.836. The van der Waals surface area contributed by atoms with Gasteiger partial charge >= 0.3 is 0 Å². The van der Waals surface area contributed by atoms with Gasteiger partial charge in [0, 0.05) is 58.4 Å². The highest BCUT2D eigenvalue weighted by atomic mass is 32.2. The molecule has 30 heavy (non-hydrogen) atoms. The van der Waals surface area contributed by atoms with Gasteiger partial charge in [-0.3, -0.25) is 9.69 Å². The molecule has 0 spiro atoms. The maximum atomic E-state index is 12.9. The molecule has 2 fully saturated rings. The summed E-state index contributed by atoms with van der Waals surface area (Å²) in [6, 6.07) is 7.96. The van der Waals surface area contributed by atoms with Crippen molar-refractivity contribution in [2.45, 2.75) is 62.9 Å². The smallest absolute Gasteiger partial charge is 0.240 e. The highest BCUT2D eigenvalue weighted by Crippen LogP contribution is 2.24. The molecule has 1 aromatic carbocycles. The van der Waals surface area contributed by atoms with Gasteiger partial charge in [0.2, 0.25) is 15.9 Å². The van der Waals surface area contributed by atoms with E-state index >= 15 is 0 Å². The summed E-state index contributed by atoms with van der Waals surface area (Å²) in [5, 5.41) is 0. The zero-order valence-electron chi connectivity index (χ0n) is 18.2. The summed E-state index contributed by atoms with van der Waals surface area (Å²) in [4.78, 5) is 16.4. The van der Waals surface area contributed by atoms with Gasteiger partial charge in [-0.15, -0.1) is 0 Å². The molecule has 2 saturated heterocycles. The van der Waals surface area contributed by atoms with E-state index in [9.17, 15) is 13.2 Å². The third-order valence-electron chi connectivity index (χ3n) is 6.34. The second-order valence-corrected chi connectivity index (χ2v) is 9.91. The Morgan fingerprint density at radius 1 is 1.13 bits per heavy atom.